The molecule has 0 atom stereocenters. The molecule has 4 nitrogen and oxygen atoms in total. The van der Waals surface area contributed by atoms with Crippen LogP contribution in [-0.2, 0) is 10.0 Å². The molecular weight excluding hydrogens is 274 g/mol. The van der Waals surface area contributed by atoms with Crippen LogP contribution in [0, 0.1) is 11.8 Å². The van der Waals surface area contributed by atoms with Crippen LogP contribution in [-0.4, -0.2) is 25.7 Å². The Bertz CT molecular complexity index is 592. The van der Waals surface area contributed by atoms with Crippen molar-refractivity contribution in [2.75, 3.05) is 6.61 Å². The second-order valence-electron chi connectivity index (χ2n) is 5.22. The lowest BCUT2D eigenvalue weighted by atomic mass is 10.0. The lowest BCUT2D eigenvalue weighted by Crippen LogP contribution is -2.43. The molecule has 0 unspecified atom stereocenters. The third-order valence-corrected chi connectivity index (χ3v) is 4.48. The molecule has 1 aromatic rings. The van der Waals surface area contributed by atoms with Crippen LogP contribution < -0.4 is 4.72 Å². The minimum absolute atomic E-state index is 0.215. The van der Waals surface area contributed by atoms with E-state index in [1.165, 1.54) is 12.1 Å². The molecule has 0 saturated carbocycles. The summed E-state index contributed by atoms with van der Waals surface area (Å²) in [6.45, 7) is 5.54. The monoisotopic (exact) mass is 295 g/mol. The standard InChI is InChI=1S/C15H21NO3S/c1-4-11-15(2,3)16-20(18,19)14-9-7-13(8-10-14)6-5-12-17/h7-10,16-17H,4,11-12H2,1-3H3. The molecule has 0 fully saturated rings. The number of nitrogens with one attached hydrogen (secondary N) is 1. The Morgan fingerprint density at radius 3 is 2.35 bits per heavy atom. The Hall–Kier alpha value is -1.35. The summed E-state index contributed by atoms with van der Waals surface area (Å²) in [4.78, 5) is 0.219. The van der Waals surface area contributed by atoms with Gasteiger partial charge >= 0.3 is 0 Å². The fourth-order valence-corrected chi connectivity index (χ4v) is 3.40. The Kier molecular flexibility index (Phi) is 5.75. The smallest absolute Gasteiger partial charge is 0.241 e. The summed E-state index contributed by atoms with van der Waals surface area (Å²) < 4.78 is 27.2. The maximum absolute atomic E-state index is 12.3. The summed E-state index contributed by atoms with van der Waals surface area (Å²) in [6, 6.07) is 6.30. The highest BCUT2D eigenvalue weighted by Gasteiger charge is 2.25. The Morgan fingerprint density at radius 2 is 1.85 bits per heavy atom. The van der Waals surface area contributed by atoms with Gasteiger partial charge in [0.2, 0.25) is 10.0 Å². The van der Waals surface area contributed by atoms with Crippen molar-refractivity contribution in [3.8, 4) is 11.8 Å². The van der Waals surface area contributed by atoms with Crippen LogP contribution in [0.3, 0.4) is 0 Å². The molecule has 2 N–H and O–H groups in total. The number of aliphatic hydroxyl groups excluding tert-OH is 1. The van der Waals surface area contributed by atoms with Gasteiger partial charge in [0.05, 0.1) is 4.90 Å². The summed E-state index contributed by atoms with van der Waals surface area (Å²) in [5.74, 6) is 5.24. The van der Waals surface area contributed by atoms with Crippen molar-refractivity contribution in [2.24, 2.45) is 0 Å². The fourth-order valence-electron chi connectivity index (χ4n) is 1.96. The van der Waals surface area contributed by atoms with Crippen LogP contribution in [0.1, 0.15) is 39.2 Å². The van der Waals surface area contributed by atoms with Crippen LogP contribution in [0.4, 0.5) is 0 Å². The first kappa shape index (κ1) is 16.7. The van der Waals surface area contributed by atoms with Crippen LogP contribution in [0.15, 0.2) is 29.2 Å². The molecule has 1 aromatic carbocycles. The highest BCUT2D eigenvalue weighted by atomic mass is 32.2. The van der Waals surface area contributed by atoms with E-state index in [1.54, 1.807) is 12.1 Å². The third-order valence-electron chi connectivity index (χ3n) is 2.76. The van der Waals surface area contributed by atoms with Crippen LogP contribution >= 0.6 is 0 Å². The summed E-state index contributed by atoms with van der Waals surface area (Å²) >= 11 is 0. The number of hydrogen-bond donors (Lipinski definition) is 2. The molecule has 0 radical (unpaired) electrons. The van der Waals surface area contributed by atoms with E-state index in [0.717, 1.165) is 12.8 Å². The number of benzene rings is 1. The predicted molar refractivity (Wildman–Crippen MR) is 79.7 cm³/mol. The fraction of sp³-hybridized carbons (Fsp3) is 0.467. The van der Waals surface area contributed by atoms with Gasteiger partial charge in [0, 0.05) is 11.1 Å². The summed E-state index contributed by atoms with van der Waals surface area (Å²) in [7, 11) is -3.52. The Morgan fingerprint density at radius 1 is 1.25 bits per heavy atom. The van der Waals surface area contributed by atoms with Gasteiger partial charge in [-0.2, -0.15) is 0 Å². The molecule has 0 spiro atoms. The number of sulfonamides is 1. The minimum Gasteiger partial charge on any atom is -0.384 e. The van der Waals surface area contributed by atoms with Gasteiger partial charge in [-0.3, -0.25) is 0 Å². The lowest BCUT2D eigenvalue weighted by Gasteiger charge is -2.25. The quantitative estimate of drug-likeness (QED) is 0.815. The van der Waals surface area contributed by atoms with Gasteiger partial charge in [-0.25, -0.2) is 13.1 Å². The molecule has 0 amide bonds. The van der Waals surface area contributed by atoms with Crippen molar-refractivity contribution in [2.45, 2.75) is 44.0 Å². The van der Waals surface area contributed by atoms with Crippen LogP contribution in [0.5, 0.6) is 0 Å². The average molecular weight is 295 g/mol. The number of hydrogen-bond acceptors (Lipinski definition) is 3. The molecule has 5 heteroatoms. The minimum atomic E-state index is -3.52. The van der Waals surface area contributed by atoms with E-state index in [1.807, 2.05) is 20.8 Å². The van der Waals surface area contributed by atoms with E-state index < -0.39 is 15.6 Å². The predicted octanol–water partition coefficient (Wildman–Crippen LogP) is 1.89. The first-order valence-corrected chi connectivity index (χ1v) is 8.03. The van der Waals surface area contributed by atoms with Crippen molar-refractivity contribution in [3.63, 3.8) is 0 Å². The zero-order valence-electron chi connectivity index (χ0n) is 12.1. The van der Waals surface area contributed by atoms with Crippen molar-refractivity contribution in [1.82, 2.24) is 4.72 Å². The average Bonchev–Trinajstić information content (AvgIpc) is 2.35. The van der Waals surface area contributed by atoms with Gasteiger partial charge in [0.25, 0.3) is 0 Å². The molecular formula is C15H21NO3S. The first-order valence-electron chi connectivity index (χ1n) is 6.54. The van der Waals surface area contributed by atoms with E-state index in [0.29, 0.717) is 5.56 Å². The van der Waals surface area contributed by atoms with Gasteiger partial charge in [-0.1, -0.05) is 25.2 Å². The molecule has 0 aliphatic carbocycles. The van der Waals surface area contributed by atoms with Gasteiger partial charge < -0.3 is 5.11 Å². The largest absolute Gasteiger partial charge is 0.384 e. The Balaban J connectivity index is 2.93. The van der Waals surface area contributed by atoms with E-state index in [9.17, 15) is 8.42 Å². The van der Waals surface area contributed by atoms with Gasteiger partial charge in [0.15, 0.2) is 0 Å². The number of rotatable bonds is 5. The van der Waals surface area contributed by atoms with Gasteiger partial charge in [0.1, 0.15) is 6.61 Å². The Labute approximate surface area is 121 Å². The molecule has 20 heavy (non-hydrogen) atoms. The molecule has 110 valence electrons. The zero-order chi connectivity index (χ0) is 15.2. The van der Waals surface area contributed by atoms with E-state index in [-0.39, 0.29) is 11.5 Å². The maximum Gasteiger partial charge on any atom is 0.241 e. The molecule has 0 aliphatic rings. The van der Waals surface area contributed by atoms with Crippen LogP contribution in [0.25, 0.3) is 0 Å². The molecule has 0 aromatic heterocycles. The summed E-state index contributed by atoms with van der Waals surface area (Å²) in [5, 5.41) is 8.61. The van der Waals surface area contributed by atoms with Crippen molar-refractivity contribution < 1.29 is 13.5 Å². The first-order chi connectivity index (χ1) is 9.30. The molecule has 0 aliphatic heterocycles. The normalized spacial score (nSPS) is 11.8. The maximum atomic E-state index is 12.3. The summed E-state index contributed by atoms with van der Waals surface area (Å²) in [6.07, 6.45) is 1.68. The second-order valence-corrected chi connectivity index (χ2v) is 6.91. The highest BCUT2D eigenvalue weighted by Crippen LogP contribution is 2.17. The SMILES string of the molecule is CCCC(C)(C)NS(=O)(=O)c1ccc(C#CCO)cc1. The zero-order valence-corrected chi connectivity index (χ0v) is 12.9. The van der Waals surface area contributed by atoms with E-state index >= 15 is 0 Å². The second kappa shape index (κ2) is 6.89. The van der Waals surface area contributed by atoms with Crippen LogP contribution in [0.2, 0.25) is 0 Å². The molecule has 0 bridgehead atoms. The molecule has 1 rings (SSSR count). The van der Waals surface area contributed by atoms with Gasteiger partial charge in [-0.05, 0) is 44.5 Å². The molecule has 0 saturated heterocycles. The van der Waals surface area contributed by atoms with Crippen molar-refractivity contribution in [1.29, 1.82) is 0 Å². The van der Waals surface area contributed by atoms with Gasteiger partial charge in [-0.15, -0.1) is 0 Å². The van der Waals surface area contributed by atoms with E-state index in [2.05, 4.69) is 16.6 Å². The third kappa shape index (κ3) is 4.97. The topological polar surface area (TPSA) is 66.4 Å². The highest BCUT2D eigenvalue weighted by molar-refractivity contribution is 7.89. The summed E-state index contributed by atoms with van der Waals surface area (Å²) in [5.41, 5.74) is 0.203. The number of aliphatic hydroxyl groups is 1. The van der Waals surface area contributed by atoms with E-state index in [4.69, 9.17) is 5.11 Å². The lowest BCUT2D eigenvalue weighted by molar-refractivity contribution is 0.350. The van der Waals surface area contributed by atoms with Crippen molar-refractivity contribution >= 4 is 10.0 Å². The van der Waals surface area contributed by atoms with Crippen molar-refractivity contribution in [3.05, 3.63) is 29.8 Å². The molecule has 0 heterocycles.